The van der Waals surface area contributed by atoms with E-state index in [9.17, 15) is 0 Å². The van der Waals surface area contributed by atoms with Gasteiger partial charge >= 0.3 is 46.5 Å². The molecule has 0 aliphatic heterocycles. The zero-order valence-corrected chi connectivity index (χ0v) is 6.67. The van der Waals surface area contributed by atoms with Gasteiger partial charge in [-0.1, -0.05) is 0 Å². The Bertz CT molecular complexity index is 36.0. The Morgan fingerprint density at radius 1 is 0.857 bits per heavy atom. The van der Waals surface area contributed by atoms with E-state index >= 15 is 0 Å². The van der Waals surface area contributed by atoms with Crippen LogP contribution in [0.1, 0.15) is 2.85 Å². The van der Waals surface area contributed by atoms with Gasteiger partial charge in [-0.05, 0) is 0 Å². The van der Waals surface area contributed by atoms with E-state index in [-0.39, 0.29) is 48.7 Å². The predicted molar refractivity (Wildman–Crippen MR) is 10.1 cm³/mol. The molecule has 0 saturated heterocycles. The molecule has 7 heavy (non-hydrogen) atoms. The molecule has 44 valence electrons. The van der Waals surface area contributed by atoms with E-state index in [1.54, 1.807) is 0 Å². The average Bonchev–Trinajstić information content (AvgIpc) is 1.50. The summed E-state index contributed by atoms with van der Waals surface area (Å²) < 4.78 is 15.0. The first-order valence-corrected chi connectivity index (χ1v) is 0.408. The molecule has 0 amide bonds. The van der Waals surface area contributed by atoms with E-state index in [1.807, 2.05) is 0 Å². The Hall–Kier alpha value is 0.748. The summed E-state index contributed by atoms with van der Waals surface area (Å²) >= 11 is 0. The van der Waals surface area contributed by atoms with Gasteiger partial charge in [0.25, 0.3) is 0 Å². The first-order valence-electron chi connectivity index (χ1n) is 0.408. The van der Waals surface area contributed by atoms with Crippen molar-refractivity contribution in [3.8, 4) is 0 Å². The molecule has 0 aromatic carbocycles. The predicted octanol–water partition coefficient (Wildman–Crippen LogP) is -5.84. The van der Waals surface area contributed by atoms with Crippen LogP contribution < -0.4 is 24.8 Å². The second kappa shape index (κ2) is 398. The molecule has 0 fully saturated rings. The minimum absolute atomic E-state index is 0. The van der Waals surface area contributed by atoms with Gasteiger partial charge in [-0.2, -0.15) is 0 Å². The number of halogens is 2. The Kier molecular flexibility index (Phi) is 2660. The summed E-state index contributed by atoms with van der Waals surface area (Å²) in [5.74, 6) is 0. The zero-order chi connectivity index (χ0) is 4.00. The fourth-order valence-electron chi connectivity index (χ4n) is 0. The van der Waals surface area contributed by atoms with E-state index in [1.165, 1.54) is 0 Å². The van der Waals surface area contributed by atoms with Gasteiger partial charge in [0.2, 0.25) is 0 Å². The third-order valence-electron chi connectivity index (χ3n) is 0. The molecule has 0 rings (SSSR count). The second-order valence-electron chi connectivity index (χ2n) is 0. The maximum Gasteiger partial charge on any atom is 2.00 e. The van der Waals surface area contributed by atoms with Gasteiger partial charge in [0.1, 0.15) is 0 Å². The molecule has 0 aromatic rings. The van der Waals surface area contributed by atoms with Gasteiger partial charge in [0.05, 0.1) is 0 Å². The number of rotatable bonds is 0. The van der Waals surface area contributed by atoms with Crippen molar-refractivity contribution in [2.45, 2.75) is 0 Å². The maximum absolute atomic E-state index is 7.50. The van der Waals surface area contributed by atoms with Crippen LogP contribution >= 0.6 is 0 Å². The third kappa shape index (κ3) is 272. The van der Waals surface area contributed by atoms with Gasteiger partial charge in [-0.15, -0.1) is 0 Å². The molecule has 0 aliphatic rings. The van der Waals surface area contributed by atoms with E-state index < -0.39 is 0 Å². The van der Waals surface area contributed by atoms with Crippen molar-refractivity contribution in [2.24, 2.45) is 0 Å². The van der Waals surface area contributed by atoms with Crippen molar-refractivity contribution < 1.29 is 58.0 Å². The van der Waals surface area contributed by atoms with Crippen molar-refractivity contribution in [1.29, 1.82) is 0 Å². The first kappa shape index (κ1) is 46.7. The quantitative estimate of drug-likeness (QED) is 0.315. The Labute approximate surface area is 71.5 Å². The summed E-state index contributed by atoms with van der Waals surface area (Å²) in [5, 5.41) is 0. The van der Waals surface area contributed by atoms with Crippen molar-refractivity contribution in [3.05, 3.63) is 13.3 Å². The van der Waals surface area contributed by atoms with Crippen LogP contribution in [0.2, 0.25) is 0 Å². The van der Waals surface area contributed by atoms with Crippen LogP contribution in [-0.2, 0) is 30.4 Å². The molecule has 0 unspecified atom stereocenters. The van der Waals surface area contributed by atoms with Crippen molar-refractivity contribution in [2.75, 3.05) is 0 Å². The molecule has 2 nitrogen and oxygen atoms in total. The summed E-state index contributed by atoms with van der Waals surface area (Å²) in [6.07, 6.45) is 0. The van der Waals surface area contributed by atoms with Crippen LogP contribution in [0.5, 0.6) is 0 Å². The molecule has 0 aliphatic carbocycles. The Balaban J connectivity index is -0.00000000114. The van der Waals surface area contributed by atoms with Crippen LogP contribution in [0.4, 0.5) is 0 Å². The SMILES string of the molecule is [C-]#[O+].[C-]#[O+].[Cl-].[Cl-].[H+].[H+].[Pt+2]. The fourth-order valence-corrected chi connectivity index (χ4v) is 0. The Morgan fingerprint density at radius 2 is 0.857 bits per heavy atom. The van der Waals surface area contributed by atoms with Crippen LogP contribution in [0.25, 0.3) is 0 Å². The molecule has 0 N–H and O–H groups in total. The third-order valence-corrected chi connectivity index (χ3v) is 0. The van der Waals surface area contributed by atoms with Crippen LogP contribution in [0.3, 0.4) is 0 Å². The summed E-state index contributed by atoms with van der Waals surface area (Å²) in [4.78, 5) is 0. The summed E-state index contributed by atoms with van der Waals surface area (Å²) in [7, 11) is 0. The van der Waals surface area contributed by atoms with Crippen LogP contribution in [0, 0.1) is 13.3 Å². The molecule has 0 bridgehead atoms. The zero-order valence-electron chi connectivity index (χ0n) is 4.89. The van der Waals surface area contributed by atoms with Gasteiger partial charge in [0.15, 0.2) is 0 Å². The monoisotopic (exact) mass is 323 g/mol. The molecule has 0 radical (unpaired) electrons. The van der Waals surface area contributed by atoms with Gasteiger partial charge in [0, 0.05) is 0 Å². The molecule has 5 heteroatoms. The van der Waals surface area contributed by atoms with Crippen LogP contribution in [-0.4, -0.2) is 0 Å². The summed E-state index contributed by atoms with van der Waals surface area (Å²) in [5.41, 5.74) is 0. The summed E-state index contributed by atoms with van der Waals surface area (Å²) in [6, 6.07) is 0. The van der Waals surface area contributed by atoms with Gasteiger partial charge < -0.3 is 24.8 Å². The van der Waals surface area contributed by atoms with E-state index in [0.717, 1.165) is 0 Å². The molecule has 0 aromatic heterocycles. The topological polar surface area (TPSA) is 39.8 Å². The molecule has 0 saturated carbocycles. The molecular weight excluding hydrogens is 322 g/mol. The molecule has 0 spiro atoms. The molecular formula is C2H2Cl2O2Pt+2. The fraction of sp³-hybridized carbons (Fsp3) is 0. The first-order chi connectivity index (χ1) is 2.00. The Morgan fingerprint density at radius 3 is 0.857 bits per heavy atom. The summed E-state index contributed by atoms with van der Waals surface area (Å²) in [6.45, 7) is 9.00. The van der Waals surface area contributed by atoms with E-state index in [2.05, 4.69) is 13.3 Å². The molecule has 0 heterocycles. The minimum atomic E-state index is 0. The number of hydrogen-bond donors (Lipinski definition) is 0. The smallest absolute Gasteiger partial charge is 1.00 e. The van der Waals surface area contributed by atoms with E-state index in [4.69, 9.17) is 9.30 Å². The van der Waals surface area contributed by atoms with Crippen molar-refractivity contribution in [1.82, 2.24) is 0 Å². The largest absolute Gasteiger partial charge is 2.00 e. The second-order valence-corrected chi connectivity index (χ2v) is 0. The van der Waals surface area contributed by atoms with Gasteiger partial charge in [-0.25, -0.2) is 0 Å². The maximum atomic E-state index is 7.50. The van der Waals surface area contributed by atoms with Crippen molar-refractivity contribution in [3.63, 3.8) is 0 Å². The number of hydrogen-bond acceptors (Lipinski definition) is 0. The normalized spacial score (nSPS) is 0.571. The average molecular weight is 324 g/mol. The standard InChI is InChI=1S/2CO.2ClH.Pt/c2*1-2;;;/h;;2*1H;/q;;;;+2. The van der Waals surface area contributed by atoms with Crippen molar-refractivity contribution >= 4 is 0 Å². The van der Waals surface area contributed by atoms with Crippen LogP contribution in [0.15, 0.2) is 0 Å². The van der Waals surface area contributed by atoms with E-state index in [0.29, 0.717) is 0 Å². The molecule has 0 atom stereocenters. The van der Waals surface area contributed by atoms with Gasteiger partial charge in [-0.3, -0.25) is 0 Å². The minimum Gasteiger partial charge on any atom is -1.00 e.